The second-order valence-corrected chi connectivity index (χ2v) is 2.88. The predicted molar refractivity (Wildman–Crippen MR) is 54.9 cm³/mol. The van der Waals surface area contributed by atoms with Crippen LogP contribution in [0.15, 0.2) is 29.3 Å². The number of carbonyl (C=O) groups excluding carboxylic acids is 1. The van der Waals surface area contributed by atoms with E-state index in [2.05, 4.69) is 22.4 Å². The van der Waals surface area contributed by atoms with Gasteiger partial charge in [-0.1, -0.05) is 24.3 Å². The lowest BCUT2D eigenvalue weighted by molar-refractivity contribution is -0.117. The SMILES string of the molecule is Cc1ccccc1CC(=O)N=C=S. The van der Waals surface area contributed by atoms with Crippen LogP contribution in [0, 0.1) is 6.92 Å². The predicted octanol–water partition coefficient (Wildman–Crippen LogP) is 2.17. The number of aliphatic imine (C=N–C) groups is 1. The minimum atomic E-state index is -0.246. The Balaban J connectivity index is 2.80. The summed E-state index contributed by atoms with van der Waals surface area (Å²) in [7, 11) is 0. The fourth-order valence-corrected chi connectivity index (χ4v) is 1.16. The molecule has 66 valence electrons. The van der Waals surface area contributed by atoms with Gasteiger partial charge in [0.15, 0.2) is 0 Å². The van der Waals surface area contributed by atoms with Crippen molar-refractivity contribution in [3.05, 3.63) is 35.4 Å². The number of hydrogen-bond acceptors (Lipinski definition) is 2. The smallest absolute Gasteiger partial charge is 0.258 e. The van der Waals surface area contributed by atoms with Crippen LogP contribution in [0.1, 0.15) is 11.1 Å². The maximum atomic E-state index is 11.1. The fourth-order valence-electron chi connectivity index (χ4n) is 1.06. The van der Waals surface area contributed by atoms with Crippen molar-refractivity contribution >= 4 is 23.3 Å². The van der Waals surface area contributed by atoms with Gasteiger partial charge >= 0.3 is 0 Å². The molecule has 0 saturated carbocycles. The van der Waals surface area contributed by atoms with Gasteiger partial charge in [0.1, 0.15) is 0 Å². The van der Waals surface area contributed by atoms with Crippen molar-refractivity contribution in [3.63, 3.8) is 0 Å². The van der Waals surface area contributed by atoms with Crippen molar-refractivity contribution in [2.75, 3.05) is 0 Å². The van der Waals surface area contributed by atoms with E-state index in [1.165, 1.54) is 0 Å². The number of benzene rings is 1. The first kappa shape index (κ1) is 9.78. The summed E-state index contributed by atoms with van der Waals surface area (Å²) < 4.78 is 0. The van der Waals surface area contributed by atoms with Gasteiger partial charge in [-0.2, -0.15) is 4.99 Å². The quantitative estimate of drug-likeness (QED) is 0.529. The molecule has 0 saturated heterocycles. The summed E-state index contributed by atoms with van der Waals surface area (Å²) in [4.78, 5) is 14.5. The molecular weight excluding hydrogens is 182 g/mol. The van der Waals surface area contributed by atoms with Crippen molar-refractivity contribution in [2.24, 2.45) is 4.99 Å². The molecule has 13 heavy (non-hydrogen) atoms. The van der Waals surface area contributed by atoms with Crippen LogP contribution in [0.5, 0.6) is 0 Å². The number of thiocarbonyl (C=S) groups is 1. The van der Waals surface area contributed by atoms with E-state index in [1.807, 2.05) is 31.2 Å². The third-order valence-electron chi connectivity index (χ3n) is 1.77. The van der Waals surface area contributed by atoms with Crippen LogP contribution in [-0.4, -0.2) is 11.1 Å². The van der Waals surface area contributed by atoms with Crippen LogP contribution < -0.4 is 0 Å². The molecule has 0 unspecified atom stereocenters. The highest BCUT2D eigenvalue weighted by molar-refractivity contribution is 7.78. The molecule has 0 aromatic heterocycles. The van der Waals surface area contributed by atoms with Gasteiger partial charge in [0.2, 0.25) is 0 Å². The van der Waals surface area contributed by atoms with E-state index in [0.29, 0.717) is 6.42 Å². The Morgan fingerprint density at radius 3 is 2.85 bits per heavy atom. The van der Waals surface area contributed by atoms with Crippen molar-refractivity contribution < 1.29 is 4.79 Å². The molecular formula is C10H9NOS. The highest BCUT2D eigenvalue weighted by Crippen LogP contribution is 2.07. The summed E-state index contributed by atoms with van der Waals surface area (Å²) in [5.74, 6) is -0.246. The molecule has 0 fully saturated rings. The average Bonchev–Trinajstić information content (AvgIpc) is 2.09. The number of rotatable bonds is 2. The average molecular weight is 191 g/mol. The van der Waals surface area contributed by atoms with Crippen molar-refractivity contribution in [1.82, 2.24) is 0 Å². The van der Waals surface area contributed by atoms with Crippen LogP contribution in [0.4, 0.5) is 0 Å². The van der Waals surface area contributed by atoms with Crippen LogP contribution in [0.2, 0.25) is 0 Å². The number of nitrogens with zero attached hydrogens (tertiary/aromatic N) is 1. The Hall–Kier alpha value is -1.31. The molecule has 0 N–H and O–H groups in total. The fraction of sp³-hybridized carbons (Fsp3) is 0.200. The van der Waals surface area contributed by atoms with Gasteiger partial charge in [-0.3, -0.25) is 4.79 Å². The molecule has 2 nitrogen and oxygen atoms in total. The van der Waals surface area contributed by atoms with Gasteiger partial charge in [0, 0.05) is 0 Å². The number of isothiocyanates is 1. The van der Waals surface area contributed by atoms with E-state index in [9.17, 15) is 4.79 Å². The second kappa shape index (κ2) is 4.65. The topological polar surface area (TPSA) is 29.4 Å². The van der Waals surface area contributed by atoms with Crippen LogP contribution in [0.3, 0.4) is 0 Å². The molecule has 3 heteroatoms. The molecule has 0 aliphatic rings. The largest absolute Gasteiger partial charge is 0.271 e. The maximum absolute atomic E-state index is 11.1. The molecule has 0 atom stereocenters. The monoisotopic (exact) mass is 191 g/mol. The minimum Gasteiger partial charge on any atom is -0.271 e. The molecule has 1 rings (SSSR count). The summed E-state index contributed by atoms with van der Waals surface area (Å²) in [5.41, 5.74) is 2.08. The zero-order valence-corrected chi connectivity index (χ0v) is 8.10. The van der Waals surface area contributed by atoms with Gasteiger partial charge in [0.25, 0.3) is 5.91 Å². The van der Waals surface area contributed by atoms with Gasteiger partial charge in [-0.25, -0.2) is 0 Å². The van der Waals surface area contributed by atoms with E-state index >= 15 is 0 Å². The van der Waals surface area contributed by atoms with Gasteiger partial charge < -0.3 is 0 Å². The molecule has 1 aromatic rings. The summed E-state index contributed by atoms with van der Waals surface area (Å²) in [6.07, 6.45) is 0.302. The molecule has 0 spiro atoms. The number of amides is 1. The molecule has 1 amide bonds. The zero-order valence-electron chi connectivity index (χ0n) is 7.28. The lowest BCUT2D eigenvalue weighted by Crippen LogP contribution is -1.99. The van der Waals surface area contributed by atoms with Crippen LogP contribution in [0.25, 0.3) is 0 Å². The van der Waals surface area contributed by atoms with Gasteiger partial charge in [0.05, 0.1) is 11.6 Å². The van der Waals surface area contributed by atoms with E-state index in [0.717, 1.165) is 11.1 Å². The first-order chi connectivity index (χ1) is 6.24. The highest BCUT2D eigenvalue weighted by atomic mass is 32.1. The summed E-state index contributed by atoms with van der Waals surface area (Å²) in [6, 6.07) is 7.71. The molecule has 0 aliphatic carbocycles. The molecule has 0 heterocycles. The summed E-state index contributed by atoms with van der Waals surface area (Å²) in [5, 5.41) is 2.07. The Bertz CT molecular complexity index is 367. The van der Waals surface area contributed by atoms with Gasteiger partial charge in [-0.15, -0.1) is 0 Å². The Labute approximate surface area is 82.3 Å². The molecule has 0 radical (unpaired) electrons. The Morgan fingerprint density at radius 1 is 1.54 bits per heavy atom. The number of aryl methyl sites for hydroxylation is 1. The number of carbonyl (C=O) groups is 1. The van der Waals surface area contributed by atoms with Gasteiger partial charge in [-0.05, 0) is 30.3 Å². The van der Waals surface area contributed by atoms with E-state index < -0.39 is 0 Å². The summed E-state index contributed by atoms with van der Waals surface area (Å²) >= 11 is 4.34. The van der Waals surface area contributed by atoms with E-state index in [-0.39, 0.29) is 5.91 Å². The molecule has 0 aliphatic heterocycles. The van der Waals surface area contributed by atoms with Crippen LogP contribution >= 0.6 is 12.2 Å². The Kier molecular flexibility index (Phi) is 3.50. The number of hydrogen-bond donors (Lipinski definition) is 0. The van der Waals surface area contributed by atoms with Crippen molar-refractivity contribution in [3.8, 4) is 0 Å². The zero-order chi connectivity index (χ0) is 9.68. The lowest BCUT2D eigenvalue weighted by Gasteiger charge is -2.00. The normalized spacial score (nSPS) is 9.00. The van der Waals surface area contributed by atoms with Crippen molar-refractivity contribution in [2.45, 2.75) is 13.3 Å². The first-order valence-corrected chi connectivity index (χ1v) is 4.30. The highest BCUT2D eigenvalue weighted by Gasteiger charge is 2.02. The summed E-state index contributed by atoms with van der Waals surface area (Å²) in [6.45, 7) is 1.96. The first-order valence-electron chi connectivity index (χ1n) is 3.89. The van der Waals surface area contributed by atoms with E-state index in [4.69, 9.17) is 0 Å². The van der Waals surface area contributed by atoms with Crippen LogP contribution in [-0.2, 0) is 11.2 Å². The molecule has 0 bridgehead atoms. The second-order valence-electron chi connectivity index (χ2n) is 2.70. The lowest BCUT2D eigenvalue weighted by atomic mass is 10.1. The third-order valence-corrected chi connectivity index (χ3v) is 1.86. The van der Waals surface area contributed by atoms with Crippen molar-refractivity contribution in [1.29, 1.82) is 0 Å². The molecule has 1 aromatic carbocycles. The Morgan fingerprint density at radius 2 is 2.23 bits per heavy atom. The standard InChI is InChI=1S/C10H9NOS/c1-8-4-2-3-5-9(8)6-10(12)11-7-13/h2-5H,6H2,1H3. The van der Waals surface area contributed by atoms with E-state index in [1.54, 1.807) is 0 Å². The third kappa shape index (κ3) is 2.90. The minimum absolute atomic E-state index is 0.246. The maximum Gasteiger partial charge on any atom is 0.258 e.